The van der Waals surface area contributed by atoms with E-state index < -0.39 is 0 Å². The third kappa shape index (κ3) is 4.63. The molecule has 112 valence electrons. The number of hydrogen-bond acceptors (Lipinski definition) is 3. The first-order valence-corrected chi connectivity index (χ1v) is 7.11. The Labute approximate surface area is 124 Å². The standard InChI is InChI=1S/C16H20N2O3/c1-3-21-15(19)13-6-8-14(9-7-13)18-16(20)17-10-11(2)12-4-5-12/h6-10,12H,3-5H2,1-2H3,(H2,17,18,20)/b11-10+. The van der Waals surface area contributed by atoms with Crippen molar-refractivity contribution in [2.24, 2.45) is 5.92 Å². The summed E-state index contributed by atoms with van der Waals surface area (Å²) in [7, 11) is 0. The minimum atomic E-state index is -0.364. The average molecular weight is 288 g/mol. The highest BCUT2D eigenvalue weighted by atomic mass is 16.5. The molecule has 1 aromatic rings. The Morgan fingerprint density at radius 1 is 1.29 bits per heavy atom. The van der Waals surface area contributed by atoms with Gasteiger partial charge in [0.15, 0.2) is 0 Å². The van der Waals surface area contributed by atoms with Gasteiger partial charge in [-0.3, -0.25) is 0 Å². The van der Waals surface area contributed by atoms with Crippen LogP contribution in [-0.2, 0) is 4.74 Å². The highest BCUT2D eigenvalue weighted by molar-refractivity contribution is 5.92. The number of rotatable bonds is 5. The maximum absolute atomic E-state index is 11.7. The van der Waals surface area contributed by atoms with E-state index >= 15 is 0 Å². The number of hydrogen-bond donors (Lipinski definition) is 2. The quantitative estimate of drug-likeness (QED) is 0.817. The number of amides is 2. The molecular formula is C16H20N2O3. The molecule has 0 bridgehead atoms. The van der Waals surface area contributed by atoms with E-state index in [9.17, 15) is 9.59 Å². The maximum atomic E-state index is 11.7. The van der Waals surface area contributed by atoms with Crippen LogP contribution in [0.3, 0.4) is 0 Å². The number of nitrogens with one attached hydrogen (secondary N) is 2. The Hall–Kier alpha value is -2.30. The van der Waals surface area contributed by atoms with Crippen molar-refractivity contribution in [1.29, 1.82) is 0 Å². The van der Waals surface area contributed by atoms with Gasteiger partial charge in [-0.2, -0.15) is 0 Å². The van der Waals surface area contributed by atoms with Crippen LogP contribution >= 0.6 is 0 Å². The van der Waals surface area contributed by atoms with E-state index in [-0.39, 0.29) is 12.0 Å². The molecule has 0 saturated heterocycles. The van der Waals surface area contributed by atoms with Gasteiger partial charge in [-0.05, 0) is 56.9 Å². The van der Waals surface area contributed by atoms with Gasteiger partial charge in [-0.1, -0.05) is 5.57 Å². The molecule has 0 aromatic heterocycles. The number of urea groups is 1. The highest BCUT2D eigenvalue weighted by Gasteiger charge is 2.22. The zero-order valence-electron chi connectivity index (χ0n) is 12.3. The van der Waals surface area contributed by atoms with E-state index in [1.54, 1.807) is 37.4 Å². The maximum Gasteiger partial charge on any atom is 0.338 e. The Bertz CT molecular complexity index is 545. The first-order valence-electron chi connectivity index (χ1n) is 7.11. The van der Waals surface area contributed by atoms with Crippen LogP contribution in [0.4, 0.5) is 10.5 Å². The van der Waals surface area contributed by atoms with Crippen molar-refractivity contribution in [2.45, 2.75) is 26.7 Å². The van der Waals surface area contributed by atoms with Crippen molar-refractivity contribution in [3.63, 3.8) is 0 Å². The summed E-state index contributed by atoms with van der Waals surface area (Å²) >= 11 is 0. The summed E-state index contributed by atoms with van der Waals surface area (Å²) < 4.78 is 4.90. The van der Waals surface area contributed by atoms with Crippen LogP contribution in [0.5, 0.6) is 0 Å². The monoisotopic (exact) mass is 288 g/mol. The van der Waals surface area contributed by atoms with E-state index in [0.29, 0.717) is 23.8 Å². The summed E-state index contributed by atoms with van der Waals surface area (Å²) in [5.74, 6) is 0.269. The van der Waals surface area contributed by atoms with Crippen molar-refractivity contribution >= 4 is 17.7 Å². The first kappa shape index (κ1) is 15.1. The van der Waals surface area contributed by atoms with Crippen molar-refractivity contribution in [3.05, 3.63) is 41.6 Å². The average Bonchev–Trinajstić information content (AvgIpc) is 3.30. The summed E-state index contributed by atoms with van der Waals surface area (Å²) in [6.07, 6.45) is 4.17. The molecular weight excluding hydrogens is 268 g/mol. The van der Waals surface area contributed by atoms with Crippen molar-refractivity contribution < 1.29 is 14.3 Å². The molecule has 5 heteroatoms. The van der Waals surface area contributed by atoms with Gasteiger partial charge in [0.1, 0.15) is 0 Å². The topological polar surface area (TPSA) is 67.4 Å². The van der Waals surface area contributed by atoms with Gasteiger partial charge in [0.25, 0.3) is 0 Å². The Morgan fingerprint density at radius 3 is 2.52 bits per heavy atom. The minimum absolute atomic E-state index is 0.293. The number of anilines is 1. The normalized spacial score (nSPS) is 14.5. The largest absolute Gasteiger partial charge is 0.462 e. The predicted molar refractivity (Wildman–Crippen MR) is 81.0 cm³/mol. The van der Waals surface area contributed by atoms with Crippen LogP contribution in [0.15, 0.2) is 36.0 Å². The fourth-order valence-corrected chi connectivity index (χ4v) is 1.91. The van der Waals surface area contributed by atoms with Crippen LogP contribution in [0.1, 0.15) is 37.0 Å². The van der Waals surface area contributed by atoms with Gasteiger partial charge in [0, 0.05) is 11.9 Å². The van der Waals surface area contributed by atoms with Crippen LogP contribution in [-0.4, -0.2) is 18.6 Å². The number of benzene rings is 1. The highest BCUT2D eigenvalue weighted by Crippen LogP contribution is 2.35. The lowest BCUT2D eigenvalue weighted by Crippen LogP contribution is -2.24. The summed E-state index contributed by atoms with van der Waals surface area (Å²) in [4.78, 5) is 23.2. The third-order valence-electron chi connectivity index (χ3n) is 3.31. The molecule has 1 saturated carbocycles. The number of carbonyl (C=O) groups excluding carboxylic acids is 2. The van der Waals surface area contributed by atoms with Crippen LogP contribution in [0.2, 0.25) is 0 Å². The zero-order chi connectivity index (χ0) is 15.2. The lowest BCUT2D eigenvalue weighted by molar-refractivity contribution is 0.0526. The molecule has 0 unspecified atom stereocenters. The Kier molecular flexibility index (Phi) is 4.98. The molecule has 0 radical (unpaired) electrons. The first-order chi connectivity index (χ1) is 10.1. The second-order valence-corrected chi connectivity index (χ2v) is 5.06. The van der Waals surface area contributed by atoms with Gasteiger partial charge >= 0.3 is 12.0 Å². The Morgan fingerprint density at radius 2 is 1.95 bits per heavy atom. The van der Waals surface area contributed by atoms with Crippen molar-refractivity contribution in [3.8, 4) is 0 Å². The molecule has 1 aliphatic rings. The second kappa shape index (κ2) is 6.92. The number of allylic oxidation sites excluding steroid dienone is 1. The summed E-state index contributed by atoms with van der Waals surface area (Å²) in [6, 6.07) is 6.29. The zero-order valence-corrected chi connectivity index (χ0v) is 12.3. The number of carbonyl (C=O) groups is 2. The molecule has 2 rings (SSSR count). The second-order valence-electron chi connectivity index (χ2n) is 5.06. The van der Waals surface area contributed by atoms with E-state index in [1.165, 1.54) is 18.4 Å². The molecule has 5 nitrogen and oxygen atoms in total. The van der Waals surface area contributed by atoms with Crippen LogP contribution in [0, 0.1) is 5.92 Å². The fraction of sp³-hybridized carbons (Fsp3) is 0.375. The van der Waals surface area contributed by atoms with E-state index in [1.807, 2.05) is 6.92 Å². The predicted octanol–water partition coefficient (Wildman–Crippen LogP) is 3.30. The lowest BCUT2D eigenvalue weighted by atomic mass is 10.2. The number of esters is 1. The molecule has 1 fully saturated rings. The van der Waals surface area contributed by atoms with Crippen molar-refractivity contribution in [1.82, 2.24) is 5.32 Å². The van der Waals surface area contributed by atoms with Crippen molar-refractivity contribution in [2.75, 3.05) is 11.9 Å². The van der Waals surface area contributed by atoms with Gasteiger partial charge in [0.2, 0.25) is 0 Å². The molecule has 21 heavy (non-hydrogen) atoms. The molecule has 0 spiro atoms. The molecule has 2 amide bonds. The molecule has 0 heterocycles. The van der Waals surface area contributed by atoms with Crippen LogP contribution in [0.25, 0.3) is 0 Å². The fourth-order valence-electron chi connectivity index (χ4n) is 1.91. The van der Waals surface area contributed by atoms with Gasteiger partial charge in [-0.15, -0.1) is 0 Å². The molecule has 1 aromatic carbocycles. The number of ether oxygens (including phenoxy) is 1. The Balaban J connectivity index is 1.86. The minimum Gasteiger partial charge on any atom is -0.462 e. The van der Waals surface area contributed by atoms with E-state index in [0.717, 1.165) is 0 Å². The van der Waals surface area contributed by atoms with Gasteiger partial charge < -0.3 is 15.4 Å². The molecule has 0 atom stereocenters. The summed E-state index contributed by atoms with van der Waals surface area (Å²) in [5.41, 5.74) is 2.29. The van der Waals surface area contributed by atoms with E-state index in [2.05, 4.69) is 10.6 Å². The van der Waals surface area contributed by atoms with Gasteiger partial charge in [0.05, 0.1) is 12.2 Å². The smallest absolute Gasteiger partial charge is 0.338 e. The van der Waals surface area contributed by atoms with Gasteiger partial charge in [-0.25, -0.2) is 9.59 Å². The summed E-state index contributed by atoms with van der Waals surface area (Å²) in [5, 5.41) is 5.41. The summed E-state index contributed by atoms with van der Waals surface area (Å²) in [6.45, 7) is 4.12. The lowest BCUT2D eigenvalue weighted by Gasteiger charge is -2.07. The molecule has 1 aliphatic carbocycles. The van der Waals surface area contributed by atoms with Crippen LogP contribution < -0.4 is 10.6 Å². The SMILES string of the molecule is CCOC(=O)c1ccc(NC(=O)N/C=C(\C)C2CC2)cc1. The molecule has 2 N–H and O–H groups in total. The third-order valence-corrected chi connectivity index (χ3v) is 3.31. The van der Waals surface area contributed by atoms with E-state index in [4.69, 9.17) is 4.74 Å². The molecule has 0 aliphatic heterocycles.